The van der Waals surface area contributed by atoms with Crippen molar-refractivity contribution in [3.63, 3.8) is 0 Å². The lowest BCUT2D eigenvalue weighted by Crippen LogP contribution is -2.46. The molecule has 0 spiro atoms. The van der Waals surface area contributed by atoms with E-state index in [2.05, 4.69) is 15.5 Å². The van der Waals surface area contributed by atoms with E-state index in [0.29, 0.717) is 6.54 Å². The van der Waals surface area contributed by atoms with Crippen LogP contribution >= 0.6 is 12.4 Å². The Morgan fingerprint density at radius 1 is 1.33 bits per heavy atom. The van der Waals surface area contributed by atoms with Gasteiger partial charge in [0.25, 0.3) is 0 Å². The maximum Gasteiger partial charge on any atom is 0.310 e. The number of hydrogen-bond donors (Lipinski definition) is 2. The van der Waals surface area contributed by atoms with Crippen LogP contribution in [0.4, 0.5) is 5.69 Å². The molecule has 9 heteroatoms. The molecule has 0 aliphatic carbocycles. The zero-order valence-electron chi connectivity index (χ0n) is 13.4. The number of rotatable bonds is 8. The van der Waals surface area contributed by atoms with Crippen LogP contribution in [0.15, 0.2) is 24.3 Å². The van der Waals surface area contributed by atoms with Crippen LogP contribution in [0.2, 0.25) is 0 Å². The van der Waals surface area contributed by atoms with E-state index in [9.17, 15) is 14.9 Å². The van der Waals surface area contributed by atoms with Crippen molar-refractivity contribution in [2.45, 2.75) is 6.42 Å². The number of ether oxygens (including phenoxy) is 1. The first kappa shape index (κ1) is 20.1. The Morgan fingerprint density at radius 3 is 2.75 bits per heavy atom. The molecule has 1 aromatic rings. The Morgan fingerprint density at radius 2 is 2.04 bits per heavy atom. The molecule has 1 fully saturated rings. The van der Waals surface area contributed by atoms with Crippen LogP contribution in [0.25, 0.3) is 0 Å². The fourth-order valence-corrected chi connectivity index (χ4v) is 2.36. The van der Waals surface area contributed by atoms with E-state index in [-0.39, 0.29) is 42.8 Å². The highest BCUT2D eigenvalue weighted by atomic mass is 35.5. The van der Waals surface area contributed by atoms with Crippen LogP contribution in [-0.4, -0.2) is 61.6 Å². The molecular weight excluding hydrogens is 336 g/mol. The van der Waals surface area contributed by atoms with Gasteiger partial charge in [0, 0.05) is 45.3 Å². The molecule has 1 heterocycles. The van der Waals surface area contributed by atoms with Crippen molar-refractivity contribution in [2.24, 2.45) is 0 Å². The number of amides is 1. The number of nitro benzene ring substituents is 1. The van der Waals surface area contributed by atoms with Gasteiger partial charge in [-0.1, -0.05) is 12.1 Å². The predicted octanol–water partition coefficient (Wildman–Crippen LogP) is 0.807. The molecule has 1 aliphatic heterocycles. The van der Waals surface area contributed by atoms with Crippen molar-refractivity contribution in [3.05, 3.63) is 34.4 Å². The van der Waals surface area contributed by atoms with Gasteiger partial charge in [0.05, 0.1) is 18.0 Å². The first-order valence-electron chi connectivity index (χ1n) is 7.73. The average molecular weight is 359 g/mol. The van der Waals surface area contributed by atoms with Gasteiger partial charge in [0.1, 0.15) is 0 Å². The van der Waals surface area contributed by atoms with Gasteiger partial charge in [0.15, 0.2) is 5.75 Å². The van der Waals surface area contributed by atoms with Crippen molar-refractivity contribution in [1.29, 1.82) is 0 Å². The van der Waals surface area contributed by atoms with E-state index < -0.39 is 4.92 Å². The van der Waals surface area contributed by atoms with Crippen LogP contribution in [-0.2, 0) is 4.79 Å². The van der Waals surface area contributed by atoms with Gasteiger partial charge in [-0.25, -0.2) is 0 Å². The third-order valence-corrected chi connectivity index (χ3v) is 3.61. The summed E-state index contributed by atoms with van der Waals surface area (Å²) in [6.07, 6.45) is 0.174. The highest BCUT2D eigenvalue weighted by Crippen LogP contribution is 2.25. The van der Waals surface area contributed by atoms with Crippen molar-refractivity contribution in [2.75, 3.05) is 45.9 Å². The summed E-state index contributed by atoms with van der Waals surface area (Å²) in [6, 6.07) is 6.15. The monoisotopic (exact) mass is 358 g/mol. The summed E-state index contributed by atoms with van der Waals surface area (Å²) in [4.78, 5) is 24.4. The molecule has 2 rings (SSSR count). The zero-order valence-corrected chi connectivity index (χ0v) is 14.2. The van der Waals surface area contributed by atoms with Crippen molar-refractivity contribution >= 4 is 24.0 Å². The molecule has 0 unspecified atom stereocenters. The first-order valence-corrected chi connectivity index (χ1v) is 7.73. The summed E-state index contributed by atoms with van der Waals surface area (Å²) >= 11 is 0. The van der Waals surface area contributed by atoms with E-state index in [1.54, 1.807) is 12.1 Å². The summed E-state index contributed by atoms with van der Waals surface area (Å²) in [5.41, 5.74) is -0.0911. The van der Waals surface area contributed by atoms with E-state index in [0.717, 1.165) is 32.7 Å². The summed E-state index contributed by atoms with van der Waals surface area (Å²) in [5, 5.41) is 17.0. The number of para-hydroxylation sites is 2. The second-order valence-corrected chi connectivity index (χ2v) is 5.26. The third kappa shape index (κ3) is 6.69. The normalized spacial score (nSPS) is 14.5. The highest BCUT2D eigenvalue weighted by Gasteiger charge is 2.14. The van der Waals surface area contributed by atoms with Gasteiger partial charge in [0.2, 0.25) is 5.91 Å². The fourth-order valence-electron chi connectivity index (χ4n) is 2.36. The molecule has 0 aromatic heterocycles. The number of hydrogen-bond acceptors (Lipinski definition) is 6. The van der Waals surface area contributed by atoms with Crippen LogP contribution in [0.5, 0.6) is 5.75 Å². The topological polar surface area (TPSA) is 96.7 Å². The molecule has 1 aliphatic rings. The number of carbonyl (C=O) groups is 1. The molecule has 0 saturated carbocycles. The van der Waals surface area contributed by atoms with Gasteiger partial charge in [-0.2, -0.15) is 0 Å². The number of benzene rings is 1. The molecule has 8 nitrogen and oxygen atoms in total. The maximum atomic E-state index is 11.7. The molecule has 24 heavy (non-hydrogen) atoms. The fraction of sp³-hybridized carbons (Fsp3) is 0.533. The smallest absolute Gasteiger partial charge is 0.310 e. The standard InChI is InChI=1S/C15H22N4O4.ClH/c20-15(17-8-11-18-9-6-16-7-10-18)5-12-23-14-4-2-1-3-13(14)19(21)22;/h1-4,16H,5-12H2,(H,17,20);1H. The zero-order chi connectivity index (χ0) is 16.5. The number of nitro groups is 1. The van der Waals surface area contributed by atoms with Crippen LogP contribution in [0.3, 0.4) is 0 Å². The summed E-state index contributed by atoms with van der Waals surface area (Å²) in [5.74, 6) is 0.0739. The second kappa shape index (κ2) is 10.8. The Hall–Kier alpha value is -1.90. The molecule has 1 aromatic carbocycles. The minimum atomic E-state index is -0.497. The Bertz CT molecular complexity index is 538. The summed E-state index contributed by atoms with van der Waals surface area (Å²) in [6.45, 7) is 5.51. The predicted molar refractivity (Wildman–Crippen MR) is 92.8 cm³/mol. The molecular formula is C15H23ClN4O4. The summed E-state index contributed by atoms with van der Waals surface area (Å²) < 4.78 is 5.34. The van der Waals surface area contributed by atoms with Crippen LogP contribution < -0.4 is 15.4 Å². The minimum absolute atomic E-state index is 0. The largest absolute Gasteiger partial charge is 0.486 e. The Balaban J connectivity index is 0.00000288. The maximum absolute atomic E-state index is 11.7. The number of halogens is 1. The first-order chi connectivity index (χ1) is 11.2. The number of nitrogens with one attached hydrogen (secondary N) is 2. The minimum Gasteiger partial charge on any atom is -0.486 e. The van der Waals surface area contributed by atoms with Crippen molar-refractivity contribution in [3.8, 4) is 5.75 Å². The van der Waals surface area contributed by atoms with Crippen molar-refractivity contribution < 1.29 is 14.5 Å². The third-order valence-electron chi connectivity index (χ3n) is 3.61. The molecule has 0 atom stereocenters. The van der Waals surface area contributed by atoms with E-state index in [4.69, 9.17) is 4.74 Å². The van der Waals surface area contributed by atoms with E-state index >= 15 is 0 Å². The molecule has 1 saturated heterocycles. The van der Waals surface area contributed by atoms with Crippen LogP contribution in [0.1, 0.15) is 6.42 Å². The van der Waals surface area contributed by atoms with Gasteiger partial charge in [-0.15, -0.1) is 12.4 Å². The quantitative estimate of drug-likeness (QED) is 0.527. The molecule has 0 radical (unpaired) electrons. The molecule has 0 bridgehead atoms. The van der Waals surface area contributed by atoms with Gasteiger partial charge in [-0.3, -0.25) is 19.8 Å². The number of nitrogens with zero attached hydrogens (tertiary/aromatic N) is 2. The number of carbonyl (C=O) groups excluding carboxylic acids is 1. The lowest BCUT2D eigenvalue weighted by atomic mass is 10.3. The van der Waals surface area contributed by atoms with E-state index in [1.165, 1.54) is 12.1 Å². The molecule has 1 amide bonds. The molecule has 134 valence electrons. The van der Waals surface area contributed by atoms with Gasteiger partial charge >= 0.3 is 5.69 Å². The second-order valence-electron chi connectivity index (χ2n) is 5.26. The summed E-state index contributed by atoms with van der Waals surface area (Å²) in [7, 11) is 0. The van der Waals surface area contributed by atoms with E-state index in [1.807, 2.05) is 0 Å². The van der Waals surface area contributed by atoms with Gasteiger partial charge < -0.3 is 15.4 Å². The Kier molecular flexibility index (Phi) is 9.06. The van der Waals surface area contributed by atoms with Crippen LogP contribution in [0, 0.1) is 10.1 Å². The highest BCUT2D eigenvalue weighted by molar-refractivity contribution is 5.85. The van der Waals surface area contributed by atoms with Crippen molar-refractivity contribution in [1.82, 2.24) is 15.5 Å². The SMILES string of the molecule is Cl.O=C(CCOc1ccccc1[N+](=O)[O-])NCCN1CCNCC1. The average Bonchev–Trinajstić information content (AvgIpc) is 2.56. The van der Waals surface area contributed by atoms with Gasteiger partial charge in [-0.05, 0) is 6.07 Å². The Labute approximate surface area is 147 Å². The lowest BCUT2D eigenvalue weighted by molar-refractivity contribution is -0.385. The molecule has 2 N–H and O–H groups in total. The lowest BCUT2D eigenvalue weighted by Gasteiger charge is -2.27. The number of piperazine rings is 1.